The van der Waals surface area contributed by atoms with Crippen LogP contribution >= 0.6 is 27.5 Å². The maximum atomic E-state index is 12.1. The number of nitrogens with one attached hydrogen (secondary N) is 1. The average molecular weight is 341 g/mol. The number of rotatable bonds is 2. The van der Waals surface area contributed by atoms with Crippen molar-refractivity contribution in [2.75, 3.05) is 11.1 Å². The van der Waals surface area contributed by atoms with Crippen molar-refractivity contribution in [3.05, 3.63) is 51.2 Å². The molecule has 0 spiro atoms. The van der Waals surface area contributed by atoms with Crippen molar-refractivity contribution < 1.29 is 4.79 Å². The van der Waals surface area contributed by atoms with Crippen molar-refractivity contribution in [3.8, 4) is 0 Å². The molecule has 0 fully saturated rings. The number of anilines is 2. The minimum atomic E-state index is -0.347. The zero-order chi connectivity index (χ0) is 14.0. The molecule has 0 atom stereocenters. The molecule has 6 heteroatoms. The molecule has 98 valence electrons. The van der Waals surface area contributed by atoms with Crippen LogP contribution in [0.4, 0.5) is 11.4 Å². The normalized spacial score (nSPS) is 10.3. The van der Waals surface area contributed by atoms with Gasteiger partial charge in [0.2, 0.25) is 0 Å². The number of nitrogens with zero attached hydrogens (tertiary/aromatic N) is 1. The Labute approximate surface area is 124 Å². The van der Waals surface area contributed by atoms with Crippen molar-refractivity contribution in [2.45, 2.75) is 6.92 Å². The Morgan fingerprint density at radius 2 is 2.16 bits per heavy atom. The van der Waals surface area contributed by atoms with E-state index < -0.39 is 0 Å². The lowest BCUT2D eigenvalue weighted by Gasteiger charge is -2.08. The molecule has 3 N–H and O–H groups in total. The van der Waals surface area contributed by atoms with Crippen molar-refractivity contribution >= 4 is 44.8 Å². The lowest BCUT2D eigenvalue weighted by atomic mass is 10.2. The fourth-order valence-electron chi connectivity index (χ4n) is 1.49. The van der Waals surface area contributed by atoms with Crippen LogP contribution in [0.3, 0.4) is 0 Å². The molecule has 1 aromatic carbocycles. The van der Waals surface area contributed by atoms with Crippen molar-refractivity contribution in [1.82, 2.24) is 4.98 Å². The zero-order valence-corrected chi connectivity index (χ0v) is 12.4. The van der Waals surface area contributed by atoms with E-state index in [1.807, 2.05) is 25.1 Å². The molecule has 0 aliphatic carbocycles. The summed E-state index contributed by atoms with van der Waals surface area (Å²) in [6.45, 7) is 1.97. The number of carbonyl (C=O) groups is 1. The van der Waals surface area contributed by atoms with Gasteiger partial charge in [0.25, 0.3) is 5.91 Å². The van der Waals surface area contributed by atoms with Crippen LogP contribution in [0.25, 0.3) is 0 Å². The highest BCUT2D eigenvalue weighted by Crippen LogP contribution is 2.22. The van der Waals surface area contributed by atoms with Gasteiger partial charge in [-0.3, -0.25) is 4.79 Å². The van der Waals surface area contributed by atoms with Gasteiger partial charge in [0, 0.05) is 10.2 Å². The quantitative estimate of drug-likeness (QED) is 0.820. The largest absolute Gasteiger partial charge is 0.397 e. The van der Waals surface area contributed by atoms with E-state index >= 15 is 0 Å². The van der Waals surface area contributed by atoms with Gasteiger partial charge in [-0.15, -0.1) is 0 Å². The van der Waals surface area contributed by atoms with Gasteiger partial charge in [-0.1, -0.05) is 33.6 Å². The van der Waals surface area contributed by atoms with Crippen LogP contribution in [0.2, 0.25) is 5.15 Å². The number of nitrogens with two attached hydrogens (primary N) is 1. The highest BCUT2D eigenvalue weighted by atomic mass is 79.9. The van der Waals surface area contributed by atoms with Crippen molar-refractivity contribution in [3.63, 3.8) is 0 Å². The number of pyridine rings is 1. The topological polar surface area (TPSA) is 68.0 Å². The molecular weight excluding hydrogens is 330 g/mol. The van der Waals surface area contributed by atoms with Gasteiger partial charge in [-0.2, -0.15) is 0 Å². The first kappa shape index (κ1) is 13.8. The van der Waals surface area contributed by atoms with E-state index in [4.69, 9.17) is 17.3 Å². The third-order valence-electron chi connectivity index (χ3n) is 2.53. The van der Waals surface area contributed by atoms with E-state index in [1.54, 1.807) is 0 Å². The lowest BCUT2D eigenvalue weighted by molar-refractivity contribution is 0.102. The molecule has 1 heterocycles. The summed E-state index contributed by atoms with van der Waals surface area (Å²) in [6, 6.07) is 7.03. The van der Waals surface area contributed by atoms with Crippen LogP contribution in [0, 0.1) is 6.92 Å². The molecule has 19 heavy (non-hydrogen) atoms. The maximum absolute atomic E-state index is 12.1. The van der Waals surface area contributed by atoms with E-state index in [-0.39, 0.29) is 16.6 Å². The molecule has 0 bridgehead atoms. The summed E-state index contributed by atoms with van der Waals surface area (Å²) in [4.78, 5) is 15.9. The second-order valence-electron chi connectivity index (χ2n) is 4.03. The number of amides is 1. The number of carbonyl (C=O) groups excluding carboxylic acids is 1. The van der Waals surface area contributed by atoms with Gasteiger partial charge < -0.3 is 11.1 Å². The SMILES string of the molecule is Cc1ccc(NC(=O)c2cc(N)cnc2Cl)cc1Br. The van der Waals surface area contributed by atoms with Gasteiger partial charge in [0.05, 0.1) is 17.4 Å². The highest BCUT2D eigenvalue weighted by Gasteiger charge is 2.12. The number of hydrogen-bond donors (Lipinski definition) is 2. The van der Waals surface area contributed by atoms with Crippen molar-refractivity contribution in [1.29, 1.82) is 0 Å². The Kier molecular flexibility index (Phi) is 4.07. The first-order valence-electron chi connectivity index (χ1n) is 5.46. The smallest absolute Gasteiger partial charge is 0.258 e. The molecule has 0 aliphatic heterocycles. The number of benzene rings is 1. The fraction of sp³-hybridized carbons (Fsp3) is 0.0769. The number of aromatic nitrogens is 1. The Hall–Kier alpha value is -1.59. The van der Waals surface area contributed by atoms with Crippen LogP contribution in [-0.2, 0) is 0 Å². The minimum Gasteiger partial charge on any atom is -0.397 e. The molecule has 1 amide bonds. The predicted molar refractivity (Wildman–Crippen MR) is 80.5 cm³/mol. The molecule has 0 saturated heterocycles. The van der Waals surface area contributed by atoms with E-state index in [2.05, 4.69) is 26.2 Å². The predicted octanol–water partition coefficient (Wildman–Crippen LogP) is 3.64. The number of aryl methyl sites for hydroxylation is 1. The highest BCUT2D eigenvalue weighted by molar-refractivity contribution is 9.10. The second kappa shape index (κ2) is 5.59. The molecular formula is C13H11BrClN3O. The molecule has 0 aliphatic rings. The first-order chi connectivity index (χ1) is 8.97. The Bertz CT molecular complexity index is 646. The lowest BCUT2D eigenvalue weighted by Crippen LogP contribution is -2.13. The van der Waals surface area contributed by atoms with Gasteiger partial charge in [0.1, 0.15) is 5.15 Å². The Morgan fingerprint density at radius 1 is 1.42 bits per heavy atom. The van der Waals surface area contributed by atoms with Gasteiger partial charge >= 0.3 is 0 Å². The maximum Gasteiger partial charge on any atom is 0.258 e. The third kappa shape index (κ3) is 3.24. The number of hydrogen-bond acceptors (Lipinski definition) is 3. The van der Waals surface area contributed by atoms with E-state index in [1.165, 1.54) is 12.3 Å². The minimum absolute atomic E-state index is 0.123. The Morgan fingerprint density at radius 3 is 2.84 bits per heavy atom. The number of halogens is 2. The molecule has 4 nitrogen and oxygen atoms in total. The fourth-order valence-corrected chi connectivity index (χ4v) is 2.06. The van der Waals surface area contributed by atoms with Crippen LogP contribution in [0.1, 0.15) is 15.9 Å². The molecule has 0 radical (unpaired) electrons. The van der Waals surface area contributed by atoms with Gasteiger partial charge in [0.15, 0.2) is 0 Å². The molecule has 2 aromatic rings. The number of nitrogen functional groups attached to an aromatic ring is 1. The Balaban J connectivity index is 2.25. The summed E-state index contributed by atoms with van der Waals surface area (Å²) in [5.41, 5.74) is 7.98. The van der Waals surface area contributed by atoms with Gasteiger partial charge in [-0.25, -0.2) is 4.98 Å². The van der Waals surface area contributed by atoms with Crippen LogP contribution in [0.5, 0.6) is 0 Å². The molecule has 2 rings (SSSR count). The summed E-state index contributed by atoms with van der Waals surface area (Å²) in [7, 11) is 0. The van der Waals surface area contributed by atoms with E-state index in [0.29, 0.717) is 11.4 Å². The standard InChI is InChI=1S/C13H11BrClN3O/c1-7-2-3-9(5-11(7)14)18-13(19)10-4-8(16)6-17-12(10)15/h2-6H,16H2,1H3,(H,18,19). The molecule has 0 unspecified atom stereocenters. The van der Waals surface area contributed by atoms with Crippen LogP contribution in [0.15, 0.2) is 34.9 Å². The third-order valence-corrected chi connectivity index (χ3v) is 3.69. The zero-order valence-electron chi connectivity index (χ0n) is 10.1. The summed E-state index contributed by atoms with van der Waals surface area (Å²) >= 11 is 9.29. The van der Waals surface area contributed by atoms with Crippen molar-refractivity contribution in [2.24, 2.45) is 0 Å². The van der Waals surface area contributed by atoms with E-state index in [0.717, 1.165) is 10.0 Å². The summed E-state index contributed by atoms with van der Waals surface area (Å²) in [5.74, 6) is -0.347. The monoisotopic (exact) mass is 339 g/mol. The summed E-state index contributed by atoms with van der Waals surface area (Å²) in [6.07, 6.45) is 1.40. The summed E-state index contributed by atoms with van der Waals surface area (Å²) in [5, 5.41) is 2.87. The molecule has 1 aromatic heterocycles. The van der Waals surface area contributed by atoms with Crippen LogP contribution in [-0.4, -0.2) is 10.9 Å². The van der Waals surface area contributed by atoms with Crippen LogP contribution < -0.4 is 11.1 Å². The average Bonchev–Trinajstić information content (AvgIpc) is 2.36. The first-order valence-corrected chi connectivity index (χ1v) is 6.63. The van der Waals surface area contributed by atoms with Gasteiger partial charge in [-0.05, 0) is 30.7 Å². The summed E-state index contributed by atoms with van der Waals surface area (Å²) < 4.78 is 0.919. The molecule has 0 saturated carbocycles. The second-order valence-corrected chi connectivity index (χ2v) is 5.24. The van der Waals surface area contributed by atoms with E-state index in [9.17, 15) is 4.79 Å².